The number of nitrogens with one attached hydrogen (secondary N) is 1. The Balaban J connectivity index is 2.45. The van der Waals surface area contributed by atoms with Crippen LogP contribution in [0.2, 0.25) is 0 Å². The van der Waals surface area contributed by atoms with Gasteiger partial charge in [0.25, 0.3) is 0 Å². The molecular weight excluding hydrogens is 179 g/mol. The van der Waals surface area contributed by atoms with Crippen molar-refractivity contribution in [2.24, 2.45) is 5.73 Å². The molecule has 0 bridgehead atoms. The van der Waals surface area contributed by atoms with Crippen molar-refractivity contribution in [2.45, 2.75) is 12.8 Å². The number of fused-ring (bicyclic) bond motifs is 1. The van der Waals surface area contributed by atoms with Crippen LogP contribution in [0, 0.1) is 5.82 Å². The molecule has 0 saturated carbocycles. The molecule has 0 unspecified atom stereocenters. The fourth-order valence-electron chi connectivity index (χ4n) is 1.70. The summed E-state index contributed by atoms with van der Waals surface area (Å²) < 4.78 is 13.5. The van der Waals surface area contributed by atoms with E-state index in [9.17, 15) is 4.39 Å². The fourth-order valence-corrected chi connectivity index (χ4v) is 1.70. The van der Waals surface area contributed by atoms with Crippen molar-refractivity contribution in [3.05, 3.63) is 35.8 Å². The number of hydrogen-bond donors (Lipinski definition) is 2. The molecule has 0 amide bonds. The maximum Gasteiger partial charge on any atom is 0.132 e. The van der Waals surface area contributed by atoms with Crippen LogP contribution in [0.25, 0.3) is 10.9 Å². The van der Waals surface area contributed by atoms with Crippen LogP contribution in [0.5, 0.6) is 0 Å². The summed E-state index contributed by atoms with van der Waals surface area (Å²) >= 11 is 0. The third kappa shape index (κ3) is 1.51. The van der Waals surface area contributed by atoms with Crippen LogP contribution >= 0.6 is 0 Å². The van der Waals surface area contributed by atoms with Gasteiger partial charge in [-0.1, -0.05) is 6.07 Å². The Morgan fingerprint density at radius 1 is 1.36 bits per heavy atom. The first-order valence-corrected chi connectivity index (χ1v) is 4.77. The van der Waals surface area contributed by atoms with E-state index in [4.69, 9.17) is 5.73 Å². The zero-order valence-electron chi connectivity index (χ0n) is 7.89. The molecule has 0 spiro atoms. The quantitative estimate of drug-likeness (QED) is 0.769. The number of halogens is 1. The van der Waals surface area contributed by atoms with Crippen LogP contribution in [0.1, 0.15) is 12.0 Å². The first-order valence-electron chi connectivity index (χ1n) is 4.77. The zero-order chi connectivity index (χ0) is 9.97. The minimum absolute atomic E-state index is 0.157. The lowest BCUT2D eigenvalue weighted by Crippen LogP contribution is -2.00. The number of H-pyrrole nitrogens is 1. The normalized spacial score (nSPS) is 11.0. The van der Waals surface area contributed by atoms with Gasteiger partial charge < -0.3 is 10.7 Å². The Morgan fingerprint density at radius 2 is 2.21 bits per heavy atom. The van der Waals surface area contributed by atoms with E-state index in [1.165, 1.54) is 6.07 Å². The Labute approximate surface area is 81.9 Å². The SMILES string of the molecule is NCCCc1c[nH]c2cccc(F)c12. The molecule has 3 heteroatoms. The average Bonchev–Trinajstić information content (AvgIpc) is 2.59. The van der Waals surface area contributed by atoms with Gasteiger partial charge in [-0.05, 0) is 37.1 Å². The highest BCUT2D eigenvalue weighted by molar-refractivity contribution is 5.83. The molecule has 0 aliphatic rings. The zero-order valence-corrected chi connectivity index (χ0v) is 7.89. The molecule has 1 heterocycles. The number of hydrogen-bond acceptors (Lipinski definition) is 1. The molecule has 3 N–H and O–H groups in total. The van der Waals surface area contributed by atoms with Gasteiger partial charge in [-0.15, -0.1) is 0 Å². The van der Waals surface area contributed by atoms with Crippen molar-refractivity contribution < 1.29 is 4.39 Å². The molecule has 0 radical (unpaired) electrons. The van der Waals surface area contributed by atoms with Gasteiger partial charge in [-0.3, -0.25) is 0 Å². The van der Waals surface area contributed by atoms with E-state index in [-0.39, 0.29) is 5.82 Å². The van der Waals surface area contributed by atoms with Gasteiger partial charge in [-0.2, -0.15) is 0 Å². The minimum Gasteiger partial charge on any atom is -0.361 e. The molecule has 1 aromatic heterocycles. The molecule has 0 saturated heterocycles. The van der Waals surface area contributed by atoms with Gasteiger partial charge in [0.05, 0.1) is 0 Å². The van der Waals surface area contributed by atoms with Crippen molar-refractivity contribution in [3.8, 4) is 0 Å². The molecule has 0 fully saturated rings. The number of rotatable bonds is 3. The molecular formula is C11H13FN2. The highest BCUT2D eigenvalue weighted by Gasteiger charge is 2.07. The van der Waals surface area contributed by atoms with Crippen molar-refractivity contribution in [1.82, 2.24) is 4.98 Å². The first-order chi connectivity index (χ1) is 6.83. The number of aromatic amines is 1. The maximum absolute atomic E-state index is 13.5. The summed E-state index contributed by atoms with van der Waals surface area (Å²) in [6.45, 7) is 0.640. The van der Waals surface area contributed by atoms with E-state index in [2.05, 4.69) is 4.98 Å². The van der Waals surface area contributed by atoms with E-state index >= 15 is 0 Å². The van der Waals surface area contributed by atoms with Crippen LogP contribution in [0.4, 0.5) is 4.39 Å². The second kappa shape index (κ2) is 3.80. The average molecular weight is 192 g/mol. The van der Waals surface area contributed by atoms with E-state index in [1.54, 1.807) is 6.07 Å². The first kappa shape index (κ1) is 9.21. The summed E-state index contributed by atoms with van der Waals surface area (Å²) in [5.41, 5.74) is 7.30. The third-order valence-corrected chi connectivity index (χ3v) is 2.39. The standard InChI is InChI=1S/C11H13FN2/c12-9-4-1-5-10-11(9)8(7-14-10)3-2-6-13/h1,4-5,7,14H,2-3,6,13H2. The molecule has 1 aromatic carbocycles. The van der Waals surface area contributed by atoms with Crippen LogP contribution in [0.15, 0.2) is 24.4 Å². The fraction of sp³-hybridized carbons (Fsp3) is 0.273. The molecule has 2 aromatic rings. The lowest BCUT2D eigenvalue weighted by Gasteiger charge is -1.98. The smallest absolute Gasteiger partial charge is 0.132 e. The van der Waals surface area contributed by atoms with Crippen LogP contribution in [-0.2, 0) is 6.42 Å². The van der Waals surface area contributed by atoms with Crippen molar-refractivity contribution >= 4 is 10.9 Å². The van der Waals surface area contributed by atoms with Gasteiger partial charge in [0.1, 0.15) is 5.82 Å². The molecule has 0 aliphatic carbocycles. The van der Waals surface area contributed by atoms with Crippen LogP contribution in [0.3, 0.4) is 0 Å². The summed E-state index contributed by atoms with van der Waals surface area (Å²) in [5, 5.41) is 0.709. The molecule has 2 nitrogen and oxygen atoms in total. The largest absolute Gasteiger partial charge is 0.361 e. The minimum atomic E-state index is -0.157. The Kier molecular flexibility index (Phi) is 2.50. The van der Waals surface area contributed by atoms with Crippen molar-refractivity contribution in [1.29, 1.82) is 0 Å². The van der Waals surface area contributed by atoms with E-state index in [0.717, 1.165) is 23.9 Å². The van der Waals surface area contributed by atoms with Crippen molar-refractivity contribution in [2.75, 3.05) is 6.54 Å². The highest BCUT2D eigenvalue weighted by atomic mass is 19.1. The molecule has 74 valence electrons. The topological polar surface area (TPSA) is 41.8 Å². The summed E-state index contributed by atoms with van der Waals surface area (Å²) in [6, 6.07) is 5.08. The van der Waals surface area contributed by atoms with E-state index in [1.807, 2.05) is 12.3 Å². The third-order valence-electron chi connectivity index (χ3n) is 2.39. The monoisotopic (exact) mass is 192 g/mol. The second-order valence-corrected chi connectivity index (χ2v) is 3.37. The Bertz CT molecular complexity index is 434. The Hall–Kier alpha value is -1.35. The summed E-state index contributed by atoms with van der Waals surface area (Å²) in [7, 11) is 0. The molecule has 2 rings (SSSR count). The van der Waals surface area contributed by atoms with Gasteiger partial charge >= 0.3 is 0 Å². The molecule has 0 aliphatic heterocycles. The lowest BCUT2D eigenvalue weighted by molar-refractivity contribution is 0.638. The van der Waals surface area contributed by atoms with E-state index < -0.39 is 0 Å². The predicted molar refractivity (Wildman–Crippen MR) is 55.6 cm³/mol. The number of aryl methyl sites for hydroxylation is 1. The van der Waals surface area contributed by atoms with Crippen LogP contribution < -0.4 is 5.73 Å². The van der Waals surface area contributed by atoms with E-state index in [0.29, 0.717) is 11.9 Å². The summed E-state index contributed by atoms with van der Waals surface area (Å²) in [4.78, 5) is 3.06. The van der Waals surface area contributed by atoms with Gasteiger partial charge in [-0.25, -0.2) is 4.39 Å². The van der Waals surface area contributed by atoms with Gasteiger partial charge in [0.15, 0.2) is 0 Å². The summed E-state index contributed by atoms with van der Waals surface area (Å²) in [5.74, 6) is -0.157. The number of nitrogens with two attached hydrogens (primary N) is 1. The second-order valence-electron chi connectivity index (χ2n) is 3.37. The predicted octanol–water partition coefficient (Wildman–Crippen LogP) is 2.20. The maximum atomic E-state index is 13.5. The Morgan fingerprint density at radius 3 is 3.00 bits per heavy atom. The highest BCUT2D eigenvalue weighted by Crippen LogP contribution is 2.22. The molecule has 14 heavy (non-hydrogen) atoms. The summed E-state index contributed by atoms with van der Waals surface area (Å²) in [6.07, 6.45) is 3.59. The van der Waals surface area contributed by atoms with Gasteiger partial charge in [0.2, 0.25) is 0 Å². The molecule has 0 atom stereocenters. The van der Waals surface area contributed by atoms with Crippen molar-refractivity contribution in [3.63, 3.8) is 0 Å². The van der Waals surface area contributed by atoms with Crippen LogP contribution in [-0.4, -0.2) is 11.5 Å². The number of aromatic nitrogens is 1. The lowest BCUT2D eigenvalue weighted by atomic mass is 10.1. The van der Waals surface area contributed by atoms with Gasteiger partial charge in [0, 0.05) is 17.1 Å². The number of benzene rings is 1.